The lowest BCUT2D eigenvalue weighted by molar-refractivity contribution is 0.412. The molecule has 0 aliphatic heterocycles. The molecule has 0 saturated heterocycles. The van der Waals surface area contributed by atoms with E-state index in [0.29, 0.717) is 0 Å². The van der Waals surface area contributed by atoms with Crippen LogP contribution < -0.4 is 9.41 Å². The normalized spacial score (nSPS) is 12.3. The third-order valence-electron chi connectivity index (χ3n) is 4.89. The number of aryl methyl sites for hydroxylation is 1. The first-order chi connectivity index (χ1) is 13.2. The van der Waals surface area contributed by atoms with Crippen molar-refractivity contribution in [2.75, 3.05) is 24.9 Å². The molecule has 0 radical (unpaired) electrons. The molecule has 0 bridgehead atoms. The maximum absolute atomic E-state index is 6.45. The van der Waals surface area contributed by atoms with E-state index in [4.69, 9.17) is 13.1 Å². The van der Waals surface area contributed by atoms with Crippen LogP contribution in [0.25, 0.3) is 32.7 Å². The van der Waals surface area contributed by atoms with Crippen LogP contribution in [0.3, 0.4) is 0 Å². The zero-order chi connectivity index (χ0) is 19.0. The van der Waals surface area contributed by atoms with Crippen molar-refractivity contribution in [3.05, 3.63) is 54.1 Å². The van der Waals surface area contributed by atoms with E-state index in [0.717, 1.165) is 51.7 Å². The van der Waals surface area contributed by atoms with Crippen LogP contribution in [0.15, 0.2) is 56.9 Å². The second-order valence-electron chi connectivity index (χ2n) is 6.56. The van der Waals surface area contributed by atoms with E-state index >= 15 is 0 Å². The summed E-state index contributed by atoms with van der Waals surface area (Å²) in [5, 5.41) is 4.43. The van der Waals surface area contributed by atoms with Crippen LogP contribution in [0.2, 0.25) is 0 Å². The lowest BCUT2D eigenvalue weighted by Crippen LogP contribution is -2.17. The first-order valence-corrected chi connectivity index (χ1v) is 10.4. The fraction of sp³-hybridized carbons (Fsp3) is 0.273. The minimum atomic E-state index is -1.27. The second-order valence-corrected chi connectivity index (χ2v) is 7.97. The van der Waals surface area contributed by atoms with E-state index in [1.165, 1.54) is 5.39 Å². The van der Waals surface area contributed by atoms with Gasteiger partial charge in [-0.15, -0.1) is 0 Å². The minimum Gasteiger partial charge on any atom is -0.493 e. The quantitative estimate of drug-likeness (QED) is 0.392. The molecule has 3 aromatic carbocycles. The highest BCUT2D eigenvalue weighted by Gasteiger charge is 2.16. The first kappa shape index (κ1) is 18.0. The molecule has 1 unspecified atom stereocenters. The minimum absolute atomic E-state index is 0.744. The number of benzene rings is 3. The van der Waals surface area contributed by atoms with Crippen molar-refractivity contribution in [2.24, 2.45) is 0 Å². The van der Waals surface area contributed by atoms with Crippen molar-refractivity contribution in [1.29, 1.82) is 0 Å². The van der Waals surface area contributed by atoms with Gasteiger partial charge in [-0.05, 0) is 41.5 Å². The molecule has 4 rings (SSSR count). The highest BCUT2D eigenvalue weighted by atomic mass is 31.1. The highest BCUT2D eigenvalue weighted by Crippen LogP contribution is 2.42. The molecule has 0 fully saturated rings. The number of methoxy groups -OCH3 is 1. The maximum Gasteiger partial charge on any atom is 0.309 e. The Hall–Kier alpha value is -2.42. The van der Waals surface area contributed by atoms with E-state index in [-0.39, 0.29) is 0 Å². The van der Waals surface area contributed by atoms with Gasteiger partial charge in [0.25, 0.3) is 0 Å². The molecule has 0 aliphatic carbocycles. The van der Waals surface area contributed by atoms with Gasteiger partial charge >= 0.3 is 8.16 Å². The highest BCUT2D eigenvalue weighted by molar-refractivity contribution is 7.38. The van der Waals surface area contributed by atoms with Crippen molar-refractivity contribution in [3.63, 3.8) is 0 Å². The average Bonchev–Trinajstić information content (AvgIpc) is 2.85. The zero-order valence-electron chi connectivity index (χ0n) is 16.2. The molecule has 0 aliphatic rings. The molecule has 0 N–H and O–H groups in total. The Morgan fingerprint density at radius 1 is 0.963 bits per heavy atom. The molecule has 4 aromatic rings. The Labute approximate surface area is 159 Å². The number of ether oxygens (including phenoxy) is 1. The molecular formula is C22H24NO3P. The first-order valence-electron chi connectivity index (χ1n) is 9.28. The number of hydrogen-bond donors (Lipinski definition) is 0. The summed E-state index contributed by atoms with van der Waals surface area (Å²) in [6.07, 6.45) is 0. The topological polar surface area (TPSA) is 38.8 Å². The lowest BCUT2D eigenvalue weighted by atomic mass is 10.0. The largest absolute Gasteiger partial charge is 0.493 e. The van der Waals surface area contributed by atoms with Gasteiger partial charge in [-0.1, -0.05) is 44.2 Å². The SMILES string of the molecule is CCN(CC)p1oc2ccc3ccccc3c2c2cc(C)cc(OC)c2o1. The predicted molar refractivity (Wildman–Crippen MR) is 114 cm³/mol. The van der Waals surface area contributed by atoms with Crippen molar-refractivity contribution < 1.29 is 13.1 Å². The van der Waals surface area contributed by atoms with E-state index < -0.39 is 8.16 Å². The Morgan fingerprint density at radius 3 is 2.48 bits per heavy atom. The summed E-state index contributed by atoms with van der Waals surface area (Å²) in [7, 11) is 0.420. The maximum atomic E-state index is 6.45. The summed E-state index contributed by atoms with van der Waals surface area (Å²) in [5.41, 5.74) is 2.75. The molecule has 0 amide bonds. The van der Waals surface area contributed by atoms with Gasteiger partial charge in [-0.3, -0.25) is 0 Å². The molecule has 4 nitrogen and oxygen atoms in total. The van der Waals surface area contributed by atoms with Crippen LogP contribution in [0.4, 0.5) is 0 Å². The fourth-order valence-corrected chi connectivity index (χ4v) is 4.92. The van der Waals surface area contributed by atoms with Crippen LogP contribution in [0.1, 0.15) is 19.4 Å². The second kappa shape index (κ2) is 7.30. The molecule has 0 saturated carbocycles. The van der Waals surface area contributed by atoms with Gasteiger partial charge in [0.1, 0.15) is 5.58 Å². The third-order valence-corrected chi connectivity index (χ3v) is 6.61. The van der Waals surface area contributed by atoms with E-state index in [9.17, 15) is 0 Å². The van der Waals surface area contributed by atoms with Crippen molar-refractivity contribution in [3.8, 4) is 5.75 Å². The van der Waals surface area contributed by atoms with Gasteiger partial charge in [0.2, 0.25) is 0 Å². The average molecular weight is 381 g/mol. The summed E-state index contributed by atoms with van der Waals surface area (Å²) >= 11 is 0. The number of rotatable bonds is 4. The van der Waals surface area contributed by atoms with Gasteiger partial charge in [0.05, 0.1) is 7.11 Å². The number of hydrogen-bond acceptors (Lipinski definition) is 4. The fourth-order valence-electron chi connectivity index (χ4n) is 3.53. The zero-order valence-corrected chi connectivity index (χ0v) is 17.0. The monoisotopic (exact) mass is 381 g/mol. The Balaban J connectivity index is 2.29. The van der Waals surface area contributed by atoms with E-state index in [1.54, 1.807) is 7.11 Å². The Morgan fingerprint density at radius 2 is 1.74 bits per heavy atom. The van der Waals surface area contributed by atoms with E-state index in [1.807, 2.05) is 6.07 Å². The van der Waals surface area contributed by atoms with Crippen LogP contribution in [0.5, 0.6) is 5.75 Å². The molecule has 5 heteroatoms. The van der Waals surface area contributed by atoms with Gasteiger partial charge in [-0.2, -0.15) is 0 Å². The molecule has 1 atom stereocenters. The molecular weight excluding hydrogens is 357 g/mol. The summed E-state index contributed by atoms with van der Waals surface area (Å²) < 4.78 is 20.8. The number of fused-ring (bicyclic) bond motifs is 5. The summed E-state index contributed by atoms with van der Waals surface area (Å²) in [5.74, 6) is 0.744. The van der Waals surface area contributed by atoms with Gasteiger partial charge in [0.15, 0.2) is 11.3 Å². The smallest absolute Gasteiger partial charge is 0.309 e. The van der Waals surface area contributed by atoms with E-state index in [2.05, 4.69) is 67.9 Å². The van der Waals surface area contributed by atoms with Gasteiger partial charge in [-0.25, -0.2) is 4.67 Å². The van der Waals surface area contributed by atoms with Crippen molar-refractivity contribution in [1.82, 2.24) is 0 Å². The van der Waals surface area contributed by atoms with Crippen LogP contribution in [-0.4, -0.2) is 20.2 Å². The molecule has 27 heavy (non-hydrogen) atoms. The van der Waals surface area contributed by atoms with Gasteiger partial charge < -0.3 is 13.1 Å². The lowest BCUT2D eigenvalue weighted by Gasteiger charge is -2.13. The van der Waals surface area contributed by atoms with Crippen LogP contribution >= 0.6 is 8.16 Å². The number of nitrogens with zero attached hydrogens (tertiary/aromatic N) is 1. The standard InChI is InChI=1S/C22H24NO3P/c1-5-23(6-2)27-25-19-12-11-16-9-7-8-10-17(16)21(19)18-13-15(3)14-20(24-4)22(18)26-27/h7-14H,5-6H2,1-4H3. The summed E-state index contributed by atoms with van der Waals surface area (Å²) in [4.78, 5) is 0. The molecule has 1 aromatic heterocycles. The van der Waals surface area contributed by atoms with Crippen LogP contribution in [-0.2, 0) is 0 Å². The van der Waals surface area contributed by atoms with Crippen molar-refractivity contribution in [2.45, 2.75) is 20.8 Å². The summed E-state index contributed by atoms with van der Waals surface area (Å²) in [6, 6.07) is 16.7. The van der Waals surface area contributed by atoms with Gasteiger partial charge in [0, 0.05) is 23.9 Å². The Kier molecular flexibility index (Phi) is 4.86. The van der Waals surface area contributed by atoms with Crippen LogP contribution in [0, 0.1) is 6.92 Å². The summed E-state index contributed by atoms with van der Waals surface area (Å²) in [6.45, 7) is 8.03. The van der Waals surface area contributed by atoms with Crippen molar-refractivity contribution >= 4 is 40.9 Å². The molecule has 1 heterocycles. The third kappa shape index (κ3) is 3.09. The molecule has 0 spiro atoms. The Bertz CT molecular complexity index is 1160. The predicted octanol–water partition coefficient (Wildman–Crippen LogP) is 6.74. The molecule has 140 valence electrons.